The fourth-order valence-electron chi connectivity index (χ4n) is 2.53. The molecule has 0 unspecified atom stereocenters. The van der Waals surface area contributed by atoms with Gasteiger partial charge in [0.05, 0.1) is 5.69 Å². The fourth-order valence-corrected chi connectivity index (χ4v) is 3.27. The van der Waals surface area contributed by atoms with Gasteiger partial charge in [-0.1, -0.05) is 31.2 Å². The number of H-pyrrole nitrogens is 1. The SMILES string of the molecule is CCc1ccc(CCC(=O)Nc2nc(-c3c[nH]c(C(N)=O)c3)cs2)cc1. The second kappa shape index (κ2) is 7.97. The average Bonchev–Trinajstić information content (AvgIpc) is 3.29. The zero-order valence-electron chi connectivity index (χ0n) is 14.4. The lowest BCUT2D eigenvalue weighted by Crippen LogP contribution is -2.12. The minimum atomic E-state index is -0.521. The fraction of sp³-hybridized carbons (Fsp3) is 0.211. The van der Waals surface area contributed by atoms with Gasteiger partial charge in [0.2, 0.25) is 5.91 Å². The highest BCUT2D eigenvalue weighted by atomic mass is 32.1. The largest absolute Gasteiger partial charge is 0.364 e. The molecule has 6 nitrogen and oxygen atoms in total. The van der Waals surface area contributed by atoms with E-state index in [0.717, 1.165) is 17.5 Å². The Morgan fingerprint density at radius 2 is 1.96 bits per heavy atom. The molecule has 0 aliphatic carbocycles. The first kappa shape index (κ1) is 17.9. The van der Waals surface area contributed by atoms with Crippen molar-refractivity contribution in [2.75, 3.05) is 5.32 Å². The number of aryl methyl sites for hydroxylation is 2. The highest BCUT2D eigenvalue weighted by molar-refractivity contribution is 7.14. The zero-order valence-corrected chi connectivity index (χ0v) is 15.2. The Kier molecular flexibility index (Phi) is 5.48. The molecule has 0 aliphatic rings. The summed E-state index contributed by atoms with van der Waals surface area (Å²) in [5, 5.41) is 5.18. The van der Waals surface area contributed by atoms with E-state index in [1.807, 2.05) is 5.38 Å². The molecule has 0 atom stereocenters. The molecule has 0 saturated heterocycles. The summed E-state index contributed by atoms with van der Waals surface area (Å²) in [6, 6.07) is 9.96. The van der Waals surface area contributed by atoms with Gasteiger partial charge >= 0.3 is 0 Å². The highest BCUT2D eigenvalue weighted by Gasteiger charge is 2.11. The number of thiazole rings is 1. The molecular formula is C19H20N4O2S. The van der Waals surface area contributed by atoms with Gasteiger partial charge in [-0.2, -0.15) is 0 Å². The topological polar surface area (TPSA) is 101 Å². The van der Waals surface area contributed by atoms with Gasteiger partial charge in [0.25, 0.3) is 5.91 Å². The predicted molar refractivity (Wildman–Crippen MR) is 103 cm³/mol. The Labute approximate surface area is 155 Å². The first-order chi connectivity index (χ1) is 12.5. The van der Waals surface area contributed by atoms with Gasteiger partial charge < -0.3 is 16.0 Å². The number of rotatable bonds is 7. The highest BCUT2D eigenvalue weighted by Crippen LogP contribution is 2.25. The van der Waals surface area contributed by atoms with E-state index in [9.17, 15) is 9.59 Å². The normalized spacial score (nSPS) is 10.7. The summed E-state index contributed by atoms with van der Waals surface area (Å²) in [5.74, 6) is -0.593. The average molecular weight is 368 g/mol. The predicted octanol–water partition coefficient (Wildman–Crippen LogP) is 3.37. The molecular weight excluding hydrogens is 348 g/mol. The number of primary amides is 1. The lowest BCUT2D eigenvalue weighted by Gasteiger charge is -2.03. The molecule has 0 radical (unpaired) electrons. The van der Waals surface area contributed by atoms with Crippen molar-refractivity contribution in [3.63, 3.8) is 0 Å². The van der Waals surface area contributed by atoms with Crippen LogP contribution >= 0.6 is 11.3 Å². The molecule has 26 heavy (non-hydrogen) atoms. The van der Waals surface area contributed by atoms with Crippen molar-refractivity contribution in [1.29, 1.82) is 0 Å². The van der Waals surface area contributed by atoms with Crippen molar-refractivity contribution in [1.82, 2.24) is 9.97 Å². The lowest BCUT2D eigenvalue weighted by molar-refractivity contribution is -0.116. The van der Waals surface area contributed by atoms with Gasteiger partial charge in [-0.05, 0) is 30.0 Å². The molecule has 4 N–H and O–H groups in total. The molecule has 3 rings (SSSR count). The third-order valence-corrected chi connectivity index (χ3v) is 4.82. The molecule has 2 amide bonds. The number of anilines is 1. The first-order valence-corrected chi connectivity index (χ1v) is 9.25. The number of aromatic amines is 1. The van der Waals surface area contributed by atoms with Gasteiger partial charge in [-0.25, -0.2) is 4.98 Å². The maximum Gasteiger partial charge on any atom is 0.265 e. The molecule has 0 aliphatic heterocycles. The summed E-state index contributed by atoms with van der Waals surface area (Å²) in [5.41, 5.74) is 9.43. The van der Waals surface area contributed by atoms with Gasteiger partial charge in [0, 0.05) is 23.6 Å². The lowest BCUT2D eigenvalue weighted by atomic mass is 10.1. The van der Waals surface area contributed by atoms with Gasteiger partial charge in [0.15, 0.2) is 5.13 Å². The van der Waals surface area contributed by atoms with E-state index in [-0.39, 0.29) is 5.91 Å². The van der Waals surface area contributed by atoms with Crippen LogP contribution in [-0.2, 0) is 17.6 Å². The number of aromatic nitrogens is 2. The van der Waals surface area contributed by atoms with E-state index in [1.54, 1.807) is 12.3 Å². The number of hydrogen-bond acceptors (Lipinski definition) is 4. The summed E-state index contributed by atoms with van der Waals surface area (Å²) >= 11 is 1.34. The van der Waals surface area contributed by atoms with Gasteiger partial charge in [-0.3, -0.25) is 9.59 Å². The maximum absolute atomic E-state index is 12.1. The second-order valence-corrected chi connectivity index (χ2v) is 6.78. The van der Waals surface area contributed by atoms with Crippen LogP contribution in [0, 0.1) is 0 Å². The second-order valence-electron chi connectivity index (χ2n) is 5.92. The van der Waals surface area contributed by atoms with E-state index in [2.05, 4.69) is 46.5 Å². The Balaban J connectivity index is 1.55. The zero-order chi connectivity index (χ0) is 18.5. The standard InChI is InChI=1S/C19H20N4O2S/c1-2-12-3-5-13(6-4-12)7-8-17(24)23-19-22-16(11-26-19)14-9-15(18(20)25)21-10-14/h3-6,9-11,21H,2,7-8H2,1H3,(H2,20,25)(H,22,23,24). The smallest absolute Gasteiger partial charge is 0.265 e. The molecule has 0 spiro atoms. The van der Waals surface area contributed by atoms with E-state index in [1.165, 1.54) is 16.9 Å². The van der Waals surface area contributed by atoms with Crippen LogP contribution in [0.3, 0.4) is 0 Å². The maximum atomic E-state index is 12.1. The Hall–Kier alpha value is -2.93. The van der Waals surface area contributed by atoms with Crippen molar-refractivity contribution >= 4 is 28.3 Å². The van der Waals surface area contributed by atoms with Crippen LogP contribution in [-0.4, -0.2) is 21.8 Å². The number of carbonyl (C=O) groups excluding carboxylic acids is 2. The monoisotopic (exact) mass is 368 g/mol. The van der Waals surface area contributed by atoms with Crippen molar-refractivity contribution in [3.05, 3.63) is 58.7 Å². The Bertz CT molecular complexity index is 912. The molecule has 0 saturated carbocycles. The minimum absolute atomic E-state index is 0.0719. The summed E-state index contributed by atoms with van der Waals surface area (Å²) in [7, 11) is 0. The number of amides is 2. The quantitative estimate of drug-likeness (QED) is 0.596. The van der Waals surface area contributed by atoms with Crippen LogP contribution < -0.4 is 11.1 Å². The number of nitrogens with zero attached hydrogens (tertiary/aromatic N) is 1. The third-order valence-electron chi connectivity index (χ3n) is 4.07. The summed E-state index contributed by atoms with van der Waals surface area (Å²) in [6.07, 6.45) is 3.76. The summed E-state index contributed by atoms with van der Waals surface area (Å²) in [6.45, 7) is 2.12. The van der Waals surface area contributed by atoms with Crippen LogP contribution in [0.2, 0.25) is 0 Å². The molecule has 0 bridgehead atoms. The van der Waals surface area contributed by atoms with Crippen molar-refractivity contribution in [3.8, 4) is 11.3 Å². The van der Waals surface area contributed by atoms with Gasteiger partial charge in [-0.15, -0.1) is 11.3 Å². The van der Waals surface area contributed by atoms with E-state index < -0.39 is 5.91 Å². The first-order valence-electron chi connectivity index (χ1n) is 8.37. The molecule has 7 heteroatoms. The van der Waals surface area contributed by atoms with Gasteiger partial charge in [0.1, 0.15) is 5.69 Å². The molecule has 3 aromatic rings. The van der Waals surface area contributed by atoms with Crippen LogP contribution in [0.15, 0.2) is 41.9 Å². The van der Waals surface area contributed by atoms with Crippen LogP contribution in [0.4, 0.5) is 5.13 Å². The number of hydrogen-bond donors (Lipinski definition) is 3. The molecule has 2 aromatic heterocycles. The van der Waals surface area contributed by atoms with Crippen LogP contribution in [0.25, 0.3) is 11.3 Å². The summed E-state index contributed by atoms with van der Waals surface area (Å²) < 4.78 is 0. The number of nitrogens with one attached hydrogen (secondary N) is 2. The third kappa shape index (κ3) is 4.37. The van der Waals surface area contributed by atoms with E-state index in [4.69, 9.17) is 5.73 Å². The molecule has 2 heterocycles. The Morgan fingerprint density at radius 3 is 2.62 bits per heavy atom. The van der Waals surface area contributed by atoms with Crippen LogP contribution in [0.1, 0.15) is 35.0 Å². The summed E-state index contributed by atoms with van der Waals surface area (Å²) in [4.78, 5) is 30.5. The Morgan fingerprint density at radius 1 is 1.23 bits per heavy atom. The van der Waals surface area contributed by atoms with E-state index >= 15 is 0 Å². The van der Waals surface area contributed by atoms with Crippen molar-refractivity contribution in [2.45, 2.75) is 26.2 Å². The van der Waals surface area contributed by atoms with Crippen LogP contribution in [0.5, 0.6) is 0 Å². The number of nitrogens with two attached hydrogens (primary N) is 1. The molecule has 134 valence electrons. The number of benzene rings is 1. The molecule has 1 aromatic carbocycles. The molecule has 0 fully saturated rings. The minimum Gasteiger partial charge on any atom is -0.364 e. The number of carbonyl (C=O) groups is 2. The van der Waals surface area contributed by atoms with Crippen molar-refractivity contribution < 1.29 is 9.59 Å². The van der Waals surface area contributed by atoms with E-state index in [0.29, 0.717) is 29.4 Å². The van der Waals surface area contributed by atoms with Crippen molar-refractivity contribution in [2.24, 2.45) is 5.73 Å².